The second-order valence-electron chi connectivity index (χ2n) is 4.62. The molecule has 0 aliphatic carbocycles. The van der Waals surface area contributed by atoms with Gasteiger partial charge in [0.15, 0.2) is 0 Å². The molecule has 7 heteroatoms. The van der Waals surface area contributed by atoms with Crippen molar-refractivity contribution in [2.24, 2.45) is 5.41 Å². The Morgan fingerprint density at radius 2 is 0.895 bits per heavy atom. The Kier molecular flexibility index (Phi) is 2.70. The van der Waals surface area contributed by atoms with Crippen molar-refractivity contribution in [2.75, 3.05) is 0 Å². The van der Waals surface area contributed by atoms with E-state index in [0.717, 1.165) is 0 Å². The molecule has 0 unspecified atom stereocenters. The van der Waals surface area contributed by atoms with Gasteiger partial charge in [-0.25, -0.2) is 0 Å². The Hall–Kier alpha value is -2.45. The van der Waals surface area contributed by atoms with Crippen molar-refractivity contribution in [3.8, 4) is 10.8 Å². The molecule has 0 aromatic rings. The van der Waals surface area contributed by atoms with Crippen LogP contribution in [-0.4, -0.2) is 28.9 Å². The number of carbonyl (C=O) groups excluding carboxylic acids is 6. The van der Waals surface area contributed by atoms with Crippen LogP contribution in [0.15, 0.2) is 0 Å². The molecule has 0 atom stereocenters. The zero-order valence-electron chi connectivity index (χ0n) is 10.3. The van der Waals surface area contributed by atoms with Crippen LogP contribution in [0.2, 0.25) is 0 Å². The van der Waals surface area contributed by atoms with Crippen molar-refractivity contribution < 1.29 is 35.6 Å². The van der Waals surface area contributed by atoms with Gasteiger partial charge >= 0.3 is 102 Å². The van der Waals surface area contributed by atoms with Crippen molar-refractivity contribution >= 4 is 28.9 Å². The van der Waals surface area contributed by atoms with Gasteiger partial charge in [0.05, 0.1) is 0 Å². The van der Waals surface area contributed by atoms with E-state index < -0.39 is 12.3 Å². The molecule has 0 spiro atoms. The van der Waals surface area contributed by atoms with E-state index in [-0.39, 0.29) is 0 Å². The summed E-state index contributed by atoms with van der Waals surface area (Å²) in [6.07, 6.45) is 0. The first-order chi connectivity index (χ1) is 8.47. The molecule has 0 saturated carbocycles. The van der Waals surface area contributed by atoms with Crippen LogP contribution in [0.1, 0.15) is 20.8 Å². The Morgan fingerprint density at radius 1 is 0.632 bits per heavy atom. The van der Waals surface area contributed by atoms with Gasteiger partial charge in [-0.3, -0.25) is 0 Å². The van der Waals surface area contributed by atoms with E-state index in [9.17, 15) is 28.8 Å². The van der Waals surface area contributed by atoms with Gasteiger partial charge < -0.3 is 0 Å². The topological polar surface area (TPSA) is 102 Å². The normalized spacial score (nSPS) is 15.6. The van der Waals surface area contributed by atoms with Gasteiger partial charge in [-0.05, 0) is 0 Å². The molecule has 0 aliphatic heterocycles. The summed E-state index contributed by atoms with van der Waals surface area (Å²) in [5, 5.41) is 0. The van der Waals surface area contributed by atoms with Crippen LogP contribution in [0.4, 0.5) is 0 Å². The Bertz CT molecular complexity index is 1170. The monoisotopic (exact) mass is 308 g/mol. The van der Waals surface area contributed by atoms with E-state index in [2.05, 4.69) is 5.92 Å². The van der Waals surface area contributed by atoms with Crippen molar-refractivity contribution in [1.82, 2.24) is 0 Å². The van der Waals surface area contributed by atoms with Crippen LogP contribution in [-0.2, 0) is 35.6 Å². The van der Waals surface area contributed by atoms with E-state index in [1.54, 1.807) is 4.85 Å². The van der Waals surface area contributed by atoms with Crippen LogP contribution >= 0.6 is 0 Å². The van der Waals surface area contributed by atoms with E-state index >= 15 is 0 Å². The standard InChI is InChI=1S/C6H9.6CO.Co/c1-5-6(2,3)4;6*1-2;/h2-4H3;;;;;;;. The molecule has 0 N–H and O–H groups in total. The SMILES string of the molecule is CC(C)(C)C#[C][Co](=[C]=O)(=[C]=O)(=[C]=O)(=[C]=O)(=[C]=O)=[C]=O. The average Bonchev–Trinajstić information content (AvgIpc) is 2.45. The van der Waals surface area contributed by atoms with E-state index in [1.165, 1.54) is 20.8 Å². The van der Waals surface area contributed by atoms with Gasteiger partial charge in [-0.1, -0.05) is 0 Å². The van der Waals surface area contributed by atoms with Crippen LogP contribution in [0.25, 0.3) is 0 Å². The van der Waals surface area contributed by atoms with Gasteiger partial charge in [0.25, 0.3) is 0 Å². The van der Waals surface area contributed by atoms with Crippen LogP contribution in [0.5, 0.6) is 0 Å². The molecule has 0 rings (SSSR count). The second-order valence-corrected chi connectivity index (χ2v) is 11.6. The summed E-state index contributed by atoms with van der Waals surface area (Å²) in [6.45, 7) is -3.52. The first kappa shape index (κ1) is 16.5. The minimum atomic E-state index is -7.91. The Balaban J connectivity index is 9.77. The van der Waals surface area contributed by atoms with Gasteiger partial charge in [-0.2, -0.15) is 0 Å². The Morgan fingerprint density at radius 3 is 1.05 bits per heavy atom. The summed E-state index contributed by atoms with van der Waals surface area (Å²) in [4.78, 5) is 72.1. The summed E-state index contributed by atoms with van der Waals surface area (Å²) in [5.41, 5.74) is -0.973. The van der Waals surface area contributed by atoms with Gasteiger partial charge in [0.1, 0.15) is 0 Å². The predicted molar refractivity (Wildman–Crippen MR) is 61.4 cm³/mol. The summed E-state index contributed by atoms with van der Waals surface area (Å²) in [7, 11) is 0. The van der Waals surface area contributed by atoms with Crippen molar-refractivity contribution in [3.05, 3.63) is 0 Å². The van der Waals surface area contributed by atoms with Gasteiger partial charge in [0, 0.05) is 0 Å². The van der Waals surface area contributed by atoms with E-state index in [4.69, 9.17) is 0 Å². The minimum absolute atomic E-state index is 0.569. The third-order valence-electron chi connectivity index (χ3n) is 1.89. The molecular weight excluding hydrogens is 299 g/mol. The first-order valence-electron chi connectivity index (χ1n) is 4.39. The quantitative estimate of drug-likeness (QED) is 0.541. The molecule has 0 bridgehead atoms. The van der Waals surface area contributed by atoms with Crippen LogP contribution in [0.3, 0.4) is 0 Å². The maximum absolute atomic E-state index is 11.2. The fourth-order valence-electron chi connectivity index (χ4n) is 0.560. The molecule has 0 radical (unpaired) electrons. The maximum atomic E-state index is 11.2. The molecule has 19 heavy (non-hydrogen) atoms. The third kappa shape index (κ3) is 1.50. The summed E-state index contributed by atoms with van der Waals surface area (Å²) in [6, 6.07) is 0. The van der Waals surface area contributed by atoms with Crippen LogP contribution in [0, 0.1) is 16.2 Å². The summed E-state index contributed by atoms with van der Waals surface area (Å²) >= 11 is 0. The molecule has 0 aromatic heterocycles. The summed E-state index contributed by atoms with van der Waals surface area (Å²) in [5.74, 6) is 2.13. The van der Waals surface area contributed by atoms with Crippen molar-refractivity contribution in [2.45, 2.75) is 20.8 Å². The third-order valence-corrected chi connectivity index (χ3v) is 6.63. The molecule has 102 valence electrons. The fourth-order valence-corrected chi connectivity index (χ4v) is 2.31. The van der Waals surface area contributed by atoms with Crippen molar-refractivity contribution in [3.63, 3.8) is 0 Å². The number of hydrogen-bond acceptors (Lipinski definition) is 6. The zero-order valence-corrected chi connectivity index (χ0v) is 11.3. The van der Waals surface area contributed by atoms with Gasteiger partial charge in [-0.15, -0.1) is 0 Å². The zero-order chi connectivity index (χ0) is 15.5. The van der Waals surface area contributed by atoms with Crippen LogP contribution < -0.4 is 0 Å². The molecule has 0 amide bonds. The second kappa shape index (κ2) is 3.11. The molecular formula is C12H9CoO6. The molecule has 0 saturated heterocycles. The fraction of sp³-hybridized carbons (Fsp3) is 0.333. The average molecular weight is 308 g/mol. The first-order valence-corrected chi connectivity index (χ1v) is 8.04. The number of hydrogen-bond donors (Lipinski definition) is 0. The van der Waals surface area contributed by atoms with E-state index in [0.29, 0.717) is 28.9 Å². The van der Waals surface area contributed by atoms with Gasteiger partial charge in [0.2, 0.25) is 0 Å². The molecule has 0 aliphatic rings. The van der Waals surface area contributed by atoms with Crippen molar-refractivity contribution in [1.29, 1.82) is 0 Å². The summed E-state index contributed by atoms with van der Waals surface area (Å²) < 4.78 is 0. The number of rotatable bonds is 0. The molecule has 6 nitrogen and oxygen atoms in total. The molecule has 0 fully saturated rings. The Labute approximate surface area is 102 Å². The van der Waals surface area contributed by atoms with E-state index in [1.807, 2.05) is 0 Å². The predicted octanol–water partition coefficient (Wildman–Crippen LogP) is -0.842. The molecule has 0 aromatic carbocycles. The molecule has 0 heterocycles.